The van der Waals surface area contributed by atoms with E-state index in [0.29, 0.717) is 11.0 Å². The summed E-state index contributed by atoms with van der Waals surface area (Å²) in [5.41, 5.74) is 2.40. The number of hydrogen-bond donors (Lipinski definition) is 2. The molecule has 0 spiro atoms. The Labute approximate surface area is 177 Å². The van der Waals surface area contributed by atoms with E-state index < -0.39 is 0 Å². The quantitative estimate of drug-likeness (QED) is 0.519. The maximum absolute atomic E-state index is 5.73. The third-order valence-corrected chi connectivity index (χ3v) is 5.74. The number of thiocarbonyl (C=S) groups is 1. The average Bonchev–Trinajstić information content (AvgIpc) is 3.25. The number of nitrogens with one attached hydrogen (secondary N) is 2. The Morgan fingerprint density at radius 1 is 0.931 bits per heavy atom. The van der Waals surface area contributed by atoms with Crippen molar-refractivity contribution in [2.45, 2.75) is 31.1 Å². The fraction of sp³-hybridized carbons (Fsp3) is 0.250. The number of hydrogen-bond acceptors (Lipinski definition) is 3. The molecule has 1 aromatic heterocycles. The van der Waals surface area contributed by atoms with Gasteiger partial charge in [0, 0.05) is 18.0 Å². The van der Waals surface area contributed by atoms with E-state index >= 15 is 0 Å². The lowest BCUT2D eigenvalue weighted by molar-refractivity contribution is 0.435. The summed E-state index contributed by atoms with van der Waals surface area (Å²) in [5.74, 6) is 1.32. The second-order valence-electron chi connectivity index (χ2n) is 7.46. The Balaban J connectivity index is 1.33. The van der Waals surface area contributed by atoms with Crippen molar-refractivity contribution in [3.8, 4) is 11.6 Å². The number of anilines is 1. The van der Waals surface area contributed by atoms with Gasteiger partial charge >= 0.3 is 0 Å². The van der Waals surface area contributed by atoms with Crippen LogP contribution in [0, 0.1) is 0 Å². The SMILES string of the molecule is S=C(NCC1(c2ccccc2)CCCC1)Nc1ccc(Oc2ccccc2)nc1. The molecule has 0 bridgehead atoms. The summed E-state index contributed by atoms with van der Waals surface area (Å²) in [6.07, 6.45) is 6.65. The molecular formula is C24H25N3OS. The van der Waals surface area contributed by atoms with Crippen LogP contribution in [0.3, 0.4) is 0 Å². The van der Waals surface area contributed by atoms with Gasteiger partial charge in [0.1, 0.15) is 5.75 Å². The third kappa shape index (κ3) is 4.93. The highest BCUT2D eigenvalue weighted by Gasteiger charge is 2.35. The number of pyridine rings is 1. The number of ether oxygens (including phenoxy) is 1. The molecule has 0 saturated heterocycles. The van der Waals surface area contributed by atoms with Crippen molar-refractivity contribution in [2.75, 3.05) is 11.9 Å². The van der Waals surface area contributed by atoms with Gasteiger partial charge in [-0.15, -0.1) is 0 Å². The van der Waals surface area contributed by atoms with Crippen LogP contribution < -0.4 is 15.4 Å². The average molecular weight is 404 g/mol. The fourth-order valence-corrected chi connectivity index (χ4v) is 4.15. The summed E-state index contributed by atoms with van der Waals surface area (Å²) in [6.45, 7) is 0.839. The van der Waals surface area contributed by atoms with Gasteiger partial charge in [0.15, 0.2) is 5.11 Å². The van der Waals surface area contributed by atoms with Gasteiger partial charge in [-0.05, 0) is 48.8 Å². The maximum atomic E-state index is 5.73. The van der Waals surface area contributed by atoms with E-state index in [9.17, 15) is 0 Å². The zero-order valence-electron chi connectivity index (χ0n) is 16.3. The lowest BCUT2D eigenvalue weighted by Gasteiger charge is -2.30. The molecule has 5 heteroatoms. The van der Waals surface area contributed by atoms with Crippen LogP contribution in [0.5, 0.6) is 11.6 Å². The van der Waals surface area contributed by atoms with Crippen LogP contribution in [0.2, 0.25) is 0 Å². The van der Waals surface area contributed by atoms with Crippen molar-refractivity contribution in [1.82, 2.24) is 10.3 Å². The first kappa shape index (κ1) is 19.4. The Kier molecular flexibility index (Phi) is 6.06. The summed E-state index contributed by atoms with van der Waals surface area (Å²) in [5, 5.41) is 7.27. The van der Waals surface area contributed by atoms with E-state index in [-0.39, 0.29) is 5.41 Å². The monoisotopic (exact) mass is 403 g/mol. The highest BCUT2D eigenvalue weighted by molar-refractivity contribution is 7.80. The molecule has 1 fully saturated rings. The highest BCUT2D eigenvalue weighted by atomic mass is 32.1. The van der Waals surface area contributed by atoms with Crippen LogP contribution in [-0.2, 0) is 5.41 Å². The molecule has 29 heavy (non-hydrogen) atoms. The summed E-state index contributed by atoms with van der Waals surface area (Å²) in [4.78, 5) is 4.35. The normalized spacial score (nSPS) is 14.9. The summed E-state index contributed by atoms with van der Waals surface area (Å²) in [7, 11) is 0. The van der Waals surface area contributed by atoms with Crippen molar-refractivity contribution < 1.29 is 4.74 Å². The molecule has 0 atom stereocenters. The third-order valence-electron chi connectivity index (χ3n) is 5.49. The fourth-order valence-electron chi connectivity index (χ4n) is 3.96. The molecular weight excluding hydrogens is 378 g/mol. The molecule has 0 aliphatic heterocycles. The van der Waals surface area contributed by atoms with Gasteiger partial charge in [0.05, 0.1) is 11.9 Å². The van der Waals surface area contributed by atoms with Gasteiger partial charge in [-0.1, -0.05) is 61.4 Å². The first-order valence-corrected chi connectivity index (χ1v) is 10.4. The topological polar surface area (TPSA) is 46.2 Å². The van der Waals surface area contributed by atoms with Gasteiger partial charge in [0.25, 0.3) is 0 Å². The van der Waals surface area contributed by atoms with Gasteiger partial charge < -0.3 is 15.4 Å². The van der Waals surface area contributed by atoms with Crippen LogP contribution in [-0.4, -0.2) is 16.6 Å². The van der Waals surface area contributed by atoms with Gasteiger partial charge in [-0.3, -0.25) is 0 Å². The first-order chi connectivity index (χ1) is 14.2. The van der Waals surface area contributed by atoms with E-state index in [0.717, 1.165) is 18.0 Å². The van der Waals surface area contributed by atoms with Gasteiger partial charge in [0.2, 0.25) is 5.88 Å². The van der Waals surface area contributed by atoms with Crippen LogP contribution in [0.25, 0.3) is 0 Å². The van der Waals surface area contributed by atoms with Crippen molar-refractivity contribution in [3.63, 3.8) is 0 Å². The number of aromatic nitrogens is 1. The molecule has 0 amide bonds. The Bertz CT molecular complexity index is 923. The second-order valence-corrected chi connectivity index (χ2v) is 7.87. The predicted molar refractivity (Wildman–Crippen MR) is 122 cm³/mol. The molecule has 3 aromatic rings. The van der Waals surface area contributed by atoms with E-state index in [4.69, 9.17) is 17.0 Å². The van der Waals surface area contributed by atoms with E-state index in [2.05, 4.69) is 45.9 Å². The minimum atomic E-state index is 0.165. The van der Waals surface area contributed by atoms with E-state index in [1.54, 1.807) is 6.20 Å². The maximum Gasteiger partial charge on any atom is 0.219 e. The number of benzene rings is 2. The second kappa shape index (κ2) is 9.05. The Hall–Kier alpha value is -2.92. The predicted octanol–water partition coefficient (Wildman–Crippen LogP) is 5.67. The Morgan fingerprint density at radius 2 is 1.62 bits per heavy atom. The lowest BCUT2D eigenvalue weighted by Crippen LogP contribution is -2.40. The zero-order chi connectivity index (χ0) is 19.9. The highest BCUT2D eigenvalue weighted by Crippen LogP contribution is 2.40. The van der Waals surface area contributed by atoms with Crippen molar-refractivity contribution in [1.29, 1.82) is 0 Å². The molecule has 148 valence electrons. The molecule has 4 nitrogen and oxygen atoms in total. The minimum Gasteiger partial charge on any atom is -0.439 e. The molecule has 1 aliphatic carbocycles. The standard InChI is InChI=1S/C24H25N3OS/c29-23(26-18-24(15-7-8-16-24)19-9-3-1-4-10-19)27-20-13-14-22(25-17-20)28-21-11-5-2-6-12-21/h1-6,9-14,17H,7-8,15-16,18H2,(H2,26,27,29). The van der Waals surface area contributed by atoms with Crippen molar-refractivity contribution in [3.05, 3.63) is 84.6 Å². The first-order valence-electron chi connectivity index (χ1n) is 10.0. The van der Waals surface area contributed by atoms with E-state index in [1.807, 2.05) is 42.5 Å². The largest absolute Gasteiger partial charge is 0.439 e. The zero-order valence-corrected chi connectivity index (χ0v) is 17.1. The molecule has 2 aromatic carbocycles. The molecule has 4 rings (SSSR count). The van der Waals surface area contributed by atoms with Crippen LogP contribution in [0.1, 0.15) is 31.2 Å². The summed E-state index contributed by atoms with van der Waals surface area (Å²) >= 11 is 5.53. The number of rotatable bonds is 6. The van der Waals surface area contributed by atoms with Crippen LogP contribution in [0.4, 0.5) is 5.69 Å². The molecule has 2 N–H and O–H groups in total. The lowest BCUT2D eigenvalue weighted by atomic mass is 9.79. The van der Waals surface area contributed by atoms with Gasteiger partial charge in [-0.25, -0.2) is 4.98 Å². The number of para-hydroxylation sites is 1. The minimum absolute atomic E-state index is 0.165. The van der Waals surface area contributed by atoms with Gasteiger partial charge in [-0.2, -0.15) is 0 Å². The summed E-state index contributed by atoms with van der Waals surface area (Å²) < 4.78 is 5.73. The molecule has 0 unspecified atom stereocenters. The summed E-state index contributed by atoms with van der Waals surface area (Å²) in [6, 6.07) is 24.2. The molecule has 1 heterocycles. The van der Waals surface area contributed by atoms with Crippen LogP contribution >= 0.6 is 12.2 Å². The molecule has 1 aliphatic rings. The van der Waals surface area contributed by atoms with Crippen molar-refractivity contribution in [2.24, 2.45) is 0 Å². The van der Waals surface area contributed by atoms with Crippen molar-refractivity contribution >= 4 is 23.0 Å². The smallest absolute Gasteiger partial charge is 0.219 e. The number of nitrogens with zero attached hydrogens (tertiary/aromatic N) is 1. The Morgan fingerprint density at radius 3 is 2.28 bits per heavy atom. The molecule has 0 radical (unpaired) electrons. The van der Waals surface area contributed by atoms with E-state index in [1.165, 1.54) is 31.2 Å². The molecule has 1 saturated carbocycles. The van der Waals surface area contributed by atoms with Crippen LogP contribution in [0.15, 0.2) is 79.0 Å².